The van der Waals surface area contributed by atoms with Gasteiger partial charge in [-0.2, -0.15) is 0 Å². The largest absolute Gasteiger partial charge is 0.505 e. The topological polar surface area (TPSA) is 71.5 Å². The fraction of sp³-hybridized carbons (Fsp3) is 0.200. The molecule has 0 radical (unpaired) electrons. The van der Waals surface area contributed by atoms with Gasteiger partial charge in [0, 0.05) is 29.1 Å². The van der Waals surface area contributed by atoms with Gasteiger partial charge in [-0.3, -0.25) is 9.78 Å². The summed E-state index contributed by atoms with van der Waals surface area (Å²) in [4.78, 5) is 16.4. The van der Waals surface area contributed by atoms with E-state index in [0.717, 1.165) is 10.9 Å². The van der Waals surface area contributed by atoms with Crippen molar-refractivity contribution in [2.45, 2.75) is 19.4 Å². The smallest absolute Gasteiger partial charge is 0.220 e. The number of ether oxygens (including phenoxy) is 1. The summed E-state index contributed by atoms with van der Waals surface area (Å²) in [5.41, 5.74) is 1.86. The highest BCUT2D eigenvalue weighted by Gasteiger charge is 2.23. The molecule has 3 rings (SSSR count). The number of para-hydroxylation sites is 1. The summed E-state index contributed by atoms with van der Waals surface area (Å²) in [6, 6.07) is 14.3. The average molecular weight is 336 g/mol. The number of carbonyl (C=O) groups excluding carboxylic acids is 1. The number of pyridine rings is 1. The van der Waals surface area contributed by atoms with Crippen molar-refractivity contribution >= 4 is 16.8 Å². The van der Waals surface area contributed by atoms with Crippen LogP contribution in [0.4, 0.5) is 0 Å². The maximum Gasteiger partial charge on any atom is 0.220 e. The molecule has 0 bridgehead atoms. The normalized spacial score (nSPS) is 11.9. The van der Waals surface area contributed by atoms with Gasteiger partial charge in [0.25, 0.3) is 0 Å². The van der Waals surface area contributed by atoms with E-state index in [2.05, 4.69) is 10.3 Å². The second kappa shape index (κ2) is 7.21. The molecule has 3 aromatic rings. The summed E-state index contributed by atoms with van der Waals surface area (Å²) >= 11 is 0. The Balaban J connectivity index is 2.18. The van der Waals surface area contributed by atoms with E-state index < -0.39 is 6.04 Å². The molecule has 0 fully saturated rings. The van der Waals surface area contributed by atoms with Gasteiger partial charge in [-0.15, -0.1) is 0 Å². The lowest BCUT2D eigenvalue weighted by Crippen LogP contribution is -2.29. The van der Waals surface area contributed by atoms with Crippen LogP contribution in [0.1, 0.15) is 30.5 Å². The van der Waals surface area contributed by atoms with E-state index in [1.54, 1.807) is 20.2 Å². The van der Waals surface area contributed by atoms with Crippen molar-refractivity contribution in [3.63, 3.8) is 0 Å². The highest BCUT2D eigenvalue weighted by Crippen LogP contribution is 2.37. The number of amides is 1. The van der Waals surface area contributed by atoms with Crippen LogP contribution in [0.25, 0.3) is 10.9 Å². The average Bonchev–Trinajstić information content (AvgIpc) is 2.67. The number of aromatic hydroxyl groups is 1. The first kappa shape index (κ1) is 16.8. The predicted molar refractivity (Wildman–Crippen MR) is 96.7 cm³/mol. The summed E-state index contributed by atoms with van der Waals surface area (Å²) in [5.74, 6) is 0.589. The van der Waals surface area contributed by atoms with Gasteiger partial charge in [-0.25, -0.2) is 0 Å². The Labute approximate surface area is 146 Å². The zero-order valence-corrected chi connectivity index (χ0v) is 14.2. The van der Waals surface area contributed by atoms with Gasteiger partial charge in [-0.05, 0) is 12.1 Å². The van der Waals surface area contributed by atoms with Gasteiger partial charge >= 0.3 is 0 Å². The van der Waals surface area contributed by atoms with Crippen LogP contribution in [0.5, 0.6) is 11.5 Å². The molecular weight excluding hydrogens is 316 g/mol. The predicted octanol–water partition coefficient (Wildman–Crippen LogP) is 3.56. The van der Waals surface area contributed by atoms with Crippen LogP contribution in [0.2, 0.25) is 0 Å². The molecule has 0 aliphatic rings. The van der Waals surface area contributed by atoms with E-state index in [1.165, 1.54) is 0 Å². The van der Waals surface area contributed by atoms with Crippen molar-refractivity contribution in [2.75, 3.05) is 7.11 Å². The molecule has 5 heteroatoms. The van der Waals surface area contributed by atoms with Crippen LogP contribution in [0, 0.1) is 0 Å². The third kappa shape index (κ3) is 3.26. The molecule has 128 valence electrons. The number of phenols is 1. The number of carbonyl (C=O) groups is 1. The Morgan fingerprint density at radius 3 is 2.72 bits per heavy atom. The Morgan fingerprint density at radius 2 is 1.96 bits per heavy atom. The highest BCUT2D eigenvalue weighted by molar-refractivity contribution is 5.86. The second-order valence-electron chi connectivity index (χ2n) is 5.67. The molecule has 0 spiro atoms. The van der Waals surface area contributed by atoms with E-state index in [1.807, 2.05) is 48.5 Å². The number of nitrogens with one attached hydrogen (secondary N) is 1. The quantitative estimate of drug-likeness (QED) is 0.747. The number of hydrogen-bond donors (Lipinski definition) is 2. The molecule has 0 aliphatic carbocycles. The summed E-state index contributed by atoms with van der Waals surface area (Å²) < 4.78 is 5.44. The fourth-order valence-electron chi connectivity index (χ4n) is 2.87. The number of nitrogens with zero attached hydrogens (tertiary/aromatic N) is 1. The molecule has 1 atom stereocenters. The van der Waals surface area contributed by atoms with E-state index in [9.17, 15) is 9.90 Å². The van der Waals surface area contributed by atoms with Crippen molar-refractivity contribution in [3.05, 3.63) is 65.9 Å². The van der Waals surface area contributed by atoms with Gasteiger partial charge in [0.15, 0.2) is 0 Å². The summed E-state index contributed by atoms with van der Waals surface area (Å²) in [6.07, 6.45) is 1.98. The molecule has 0 aliphatic heterocycles. The number of methoxy groups -OCH3 is 1. The Morgan fingerprint density at radius 1 is 1.16 bits per heavy atom. The molecular formula is C20H20N2O3. The summed E-state index contributed by atoms with van der Waals surface area (Å²) in [5, 5.41) is 14.6. The minimum Gasteiger partial charge on any atom is -0.505 e. The van der Waals surface area contributed by atoms with Crippen molar-refractivity contribution in [3.8, 4) is 11.5 Å². The molecule has 2 N–H and O–H groups in total. The second-order valence-corrected chi connectivity index (χ2v) is 5.67. The maximum absolute atomic E-state index is 12.1. The van der Waals surface area contributed by atoms with Crippen LogP contribution in [-0.2, 0) is 4.79 Å². The molecule has 25 heavy (non-hydrogen) atoms. The summed E-state index contributed by atoms with van der Waals surface area (Å²) in [6.45, 7) is 1.79. The van der Waals surface area contributed by atoms with Gasteiger partial charge in [-0.1, -0.05) is 43.3 Å². The first-order chi connectivity index (χ1) is 12.2. The SMILES string of the molecule is CCC(=O)N[C@@H](c1ccccc1OC)c1ccc2cccnc2c1O. The third-order valence-corrected chi connectivity index (χ3v) is 4.17. The molecule has 0 saturated carbocycles. The number of fused-ring (bicyclic) bond motifs is 1. The van der Waals surface area contributed by atoms with Crippen molar-refractivity contribution in [2.24, 2.45) is 0 Å². The van der Waals surface area contributed by atoms with Crippen LogP contribution in [0.3, 0.4) is 0 Å². The highest BCUT2D eigenvalue weighted by atomic mass is 16.5. The van der Waals surface area contributed by atoms with Crippen LogP contribution >= 0.6 is 0 Å². The Bertz CT molecular complexity index is 908. The van der Waals surface area contributed by atoms with E-state index in [-0.39, 0.29) is 11.7 Å². The molecule has 0 unspecified atom stereocenters. The zero-order chi connectivity index (χ0) is 17.8. The minimum atomic E-state index is -0.532. The lowest BCUT2D eigenvalue weighted by atomic mass is 9.95. The first-order valence-electron chi connectivity index (χ1n) is 8.14. The lowest BCUT2D eigenvalue weighted by molar-refractivity contribution is -0.121. The number of hydrogen-bond acceptors (Lipinski definition) is 4. The molecule has 0 saturated heterocycles. The lowest BCUT2D eigenvalue weighted by Gasteiger charge is -2.23. The van der Waals surface area contributed by atoms with E-state index >= 15 is 0 Å². The molecule has 5 nitrogen and oxygen atoms in total. The molecule has 1 heterocycles. The van der Waals surface area contributed by atoms with Gasteiger partial charge in [0.05, 0.1) is 13.2 Å². The third-order valence-electron chi connectivity index (χ3n) is 4.17. The van der Waals surface area contributed by atoms with E-state index in [0.29, 0.717) is 23.3 Å². The number of benzene rings is 2. The van der Waals surface area contributed by atoms with Gasteiger partial charge < -0.3 is 15.2 Å². The van der Waals surface area contributed by atoms with Crippen LogP contribution in [-0.4, -0.2) is 23.1 Å². The summed E-state index contributed by atoms with van der Waals surface area (Å²) in [7, 11) is 1.58. The van der Waals surface area contributed by atoms with Crippen LogP contribution in [0.15, 0.2) is 54.7 Å². The number of aromatic nitrogens is 1. The standard InChI is InChI=1S/C20H20N2O3/c1-3-17(23)22-19(14-8-4-5-9-16(14)25-2)15-11-10-13-7-6-12-21-18(13)20(15)24/h4-12,19,24H,3H2,1-2H3,(H,22,23)/t19-/m0/s1. The van der Waals surface area contributed by atoms with E-state index in [4.69, 9.17) is 4.74 Å². The molecule has 1 amide bonds. The monoisotopic (exact) mass is 336 g/mol. The number of phenolic OH excluding ortho intramolecular Hbond substituents is 1. The van der Waals surface area contributed by atoms with Crippen molar-refractivity contribution in [1.29, 1.82) is 0 Å². The Hall–Kier alpha value is -3.08. The van der Waals surface area contributed by atoms with Crippen molar-refractivity contribution in [1.82, 2.24) is 10.3 Å². The molecule has 2 aromatic carbocycles. The first-order valence-corrected chi connectivity index (χ1v) is 8.14. The molecule has 1 aromatic heterocycles. The van der Waals surface area contributed by atoms with Gasteiger partial charge in [0.2, 0.25) is 5.91 Å². The van der Waals surface area contributed by atoms with Gasteiger partial charge in [0.1, 0.15) is 17.0 Å². The van der Waals surface area contributed by atoms with Crippen molar-refractivity contribution < 1.29 is 14.6 Å². The maximum atomic E-state index is 12.1. The minimum absolute atomic E-state index is 0.0606. The Kier molecular flexibility index (Phi) is 4.84. The fourth-order valence-corrected chi connectivity index (χ4v) is 2.87. The zero-order valence-electron chi connectivity index (χ0n) is 14.2. The number of rotatable bonds is 5. The van der Waals surface area contributed by atoms with Crippen LogP contribution < -0.4 is 10.1 Å².